The molecular formula is C24H24N2. The van der Waals surface area contributed by atoms with Crippen LogP contribution in [0.25, 0.3) is 0 Å². The monoisotopic (exact) mass is 340 g/mol. The molecular weight excluding hydrogens is 316 g/mol. The summed E-state index contributed by atoms with van der Waals surface area (Å²) >= 11 is 0. The Hall–Kier alpha value is -3.00. The van der Waals surface area contributed by atoms with Crippen molar-refractivity contribution in [2.24, 2.45) is 9.98 Å². The fourth-order valence-corrected chi connectivity index (χ4v) is 2.81. The first-order chi connectivity index (χ1) is 12.7. The molecule has 26 heavy (non-hydrogen) atoms. The second kappa shape index (κ2) is 8.91. The SMILES string of the molecule is C[C@H](N=CC(=N[C@@H](C)c1ccccc1)c1ccccc1)c1ccccc1. The van der Waals surface area contributed by atoms with Gasteiger partial charge in [0, 0.05) is 11.8 Å². The van der Waals surface area contributed by atoms with E-state index in [0.29, 0.717) is 0 Å². The van der Waals surface area contributed by atoms with Gasteiger partial charge < -0.3 is 0 Å². The Morgan fingerprint density at radius 2 is 1.12 bits per heavy atom. The summed E-state index contributed by atoms with van der Waals surface area (Å²) in [6.07, 6.45) is 1.91. The zero-order valence-electron chi connectivity index (χ0n) is 15.3. The fourth-order valence-electron chi connectivity index (χ4n) is 2.81. The summed E-state index contributed by atoms with van der Waals surface area (Å²) in [5.41, 5.74) is 4.39. The summed E-state index contributed by atoms with van der Waals surface area (Å²) in [5.74, 6) is 0. The van der Waals surface area contributed by atoms with Crippen LogP contribution in [0.1, 0.15) is 42.6 Å². The largest absolute Gasteiger partial charge is 0.283 e. The maximum Gasteiger partial charge on any atom is 0.0832 e. The number of nitrogens with zero attached hydrogens (tertiary/aromatic N) is 2. The number of rotatable bonds is 6. The molecule has 3 rings (SSSR count). The Kier molecular flexibility index (Phi) is 6.10. The third kappa shape index (κ3) is 4.76. The molecule has 0 heterocycles. The average Bonchev–Trinajstić information content (AvgIpc) is 2.72. The van der Waals surface area contributed by atoms with Crippen LogP contribution < -0.4 is 0 Å². The Morgan fingerprint density at radius 3 is 1.65 bits per heavy atom. The highest BCUT2D eigenvalue weighted by molar-refractivity contribution is 6.38. The van der Waals surface area contributed by atoms with Gasteiger partial charge in [0.05, 0.1) is 17.8 Å². The molecule has 0 unspecified atom stereocenters. The van der Waals surface area contributed by atoms with E-state index in [2.05, 4.69) is 62.4 Å². The van der Waals surface area contributed by atoms with Crippen LogP contribution in [0.2, 0.25) is 0 Å². The first-order valence-corrected chi connectivity index (χ1v) is 9.00. The van der Waals surface area contributed by atoms with Crippen LogP contribution in [0, 0.1) is 0 Å². The lowest BCUT2D eigenvalue weighted by Crippen LogP contribution is -2.06. The third-order valence-electron chi connectivity index (χ3n) is 4.39. The topological polar surface area (TPSA) is 24.7 Å². The van der Waals surface area contributed by atoms with E-state index in [4.69, 9.17) is 9.98 Å². The summed E-state index contributed by atoms with van der Waals surface area (Å²) < 4.78 is 0. The quantitative estimate of drug-likeness (QED) is 0.487. The Morgan fingerprint density at radius 1 is 0.654 bits per heavy atom. The van der Waals surface area contributed by atoms with Gasteiger partial charge >= 0.3 is 0 Å². The van der Waals surface area contributed by atoms with Crippen molar-refractivity contribution in [3.05, 3.63) is 108 Å². The summed E-state index contributed by atoms with van der Waals surface area (Å²) in [4.78, 5) is 9.71. The molecule has 0 N–H and O–H groups in total. The maximum absolute atomic E-state index is 4.95. The van der Waals surface area contributed by atoms with E-state index in [1.165, 1.54) is 11.1 Å². The Labute approximate surface area is 156 Å². The minimum atomic E-state index is 0.0740. The van der Waals surface area contributed by atoms with Gasteiger partial charge in [-0.2, -0.15) is 0 Å². The molecule has 0 aromatic heterocycles. The zero-order valence-corrected chi connectivity index (χ0v) is 15.3. The second-order valence-electron chi connectivity index (χ2n) is 6.33. The van der Waals surface area contributed by atoms with Gasteiger partial charge in [-0.05, 0) is 25.0 Å². The van der Waals surface area contributed by atoms with E-state index >= 15 is 0 Å². The summed E-state index contributed by atoms with van der Waals surface area (Å²) in [6, 6.07) is 31.1. The molecule has 0 radical (unpaired) electrons. The molecule has 3 aromatic carbocycles. The predicted molar refractivity (Wildman–Crippen MR) is 111 cm³/mol. The lowest BCUT2D eigenvalue weighted by atomic mass is 10.1. The second-order valence-corrected chi connectivity index (χ2v) is 6.33. The highest BCUT2D eigenvalue weighted by Crippen LogP contribution is 2.19. The molecule has 130 valence electrons. The number of benzene rings is 3. The van der Waals surface area contributed by atoms with Crippen LogP contribution in [0.3, 0.4) is 0 Å². The van der Waals surface area contributed by atoms with Crippen LogP contribution in [0.5, 0.6) is 0 Å². The molecule has 3 aromatic rings. The van der Waals surface area contributed by atoms with Gasteiger partial charge in [-0.25, -0.2) is 0 Å². The summed E-state index contributed by atoms with van der Waals surface area (Å²) in [6.45, 7) is 4.22. The van der Waals surface area contributed by atoms with Crippen molar-refractivity contribution in [3.8, 4) is 0 Å². The molecule has 0 aliphatic heterocycles. The van der Waals surface area contributed by atoms with Crippen molar-refractivity contribution in [3.63, 3.8) is 0 Å². The predicted octanol–water partition coefficient (Wildman–Crippen LogP) is 6.07. The van der Waals surface area contributed by atoms with Crippen LogP contribution >= 0.6 is 0 Å². The average molecular weight is 340 g/mol. The maximum atomic E-state index is 4.95. The van der Waals surface area contributed by atoms with Gasteiger partial charge in [0.15, 0.2) is 0 Å². The summed E-state index contributed by atoms with van der Waals surface area (Å²) in [7, 11) is 0. The van der Waals surface area contributed by atoms with Crippen molar-refractivity contribution < 1.29 is 0 Å². The van der Waals surface area contributed by atoms with Crippen molar-refractivity contribution in [2.75, 3.05) is 0 Å². The molecule has 2 heteroatoms. The van der Waals surface area contributed by atoms with Gasteiger partial charge in [-0.1, -0.05) is 91.0 Å². The Balaban J connectivity index is 1.89. The van der Waals surface area contributed by atoms with Crippen molar-refractivity contribution >= 4 is 11.9 Å². The van der Waals surface area contributed by atoms with E-state index in [1.807, 2.05) is 48.7 Å². The van der Waals surface area contributed by atoms with E-state index < -0.39 is 0 Å². The van der Waals surface area contributed by atoms with Gasteiger partial charge in [0.25, 0.3) is 0 Å². The van der Waals surface area contributed by atoms with Gasteiger partial charge in [0.2, 0.25) is 0 Å². The van der Waals surface area contributed by atoms with Crippen LogP contribution in [0.15, 0.2) is 101 Å². The Bertz CT molecular complexity index is 852. The number of aliphatic imine (C=N–C) groups is 2. The van der Waals surface area contributed by atoms with E-state index in [-0.39, 0.29) is 12.1 Å². The van der Waals surface area contributed by atoms with Crippen LogP contribution in [-0.4, -0.2) is 11.9 Å². The molecule has 0 amide bonds. The van der Waals surface area contributed by atoms with Crippen molar-refractivity contribution in [2.45, 2.75) is 25.9 Å². The first kappa shape index (κ1) is 17.8. The molecule has 0 fully saturated rings. The van der Waals surface area contributed by atoms with E-state index in [9.17, 15) is 0 Å². The van der Waals surface area contributed by atoms with Crippen LogP contribution in [-0.2, 0) is 0 Å². The minimum Gasteiger partial charge on any atom is -0.283 e. The normalized spacial score (nSPS) is 14.3. The van der Waals surface area contributed by atoms with Crippen molar-refractivity contribution in [1.29, 1.82) is 0 Å². The molecule has 0 aliphatic rings. The van der Waals surface area contributed by atoms with Gasteiger partial charge in [-0.15, -0.1) is 0 Å². The molecule has 0 saturated heterocycles. The first-order valence-electron chi connectivity index (χ1n) is 9.00. The molecule has 0 spiro atoms. The summed E-state index contributed by atoms with van der Waals surface area (Å²) in [5, 5.41) is 0. The number of hydrogen-bond acceptors (Lipinski definition) is 2. The molecule has 0 aliphatic carbocycles. The lowest BCUT2D eigenvalue weighted by Gasteiger charge is -2.11. The lowest BCUT2D eigenvalue weighted by molar-refractivity contribution is 0.817. The van der Waals surface area contributed by atoms with Gasteiger partial charge in [-0.3, -0.25) is 9.98 Å². The fraction of sp³-hybridized carbons (Fsp3) is 0.167. The van der Waals surface area contributed by atoms with E-state index in [0.717, 1.165) is 11.3 Å². The number of hydrogen-bond donors (Lipinski definition) is 0. The molecule has 0 bridgehead atoms. The zero-order chi connectivity index (χ0) is 18.2. The van der Waals surface area contributed by atoms with Gasteiger partial charge in [0.1, 0.15) is 0 Å². The molecule has 0 saturated carbocycles. The smallest absolute Gasteiger partial charge is 0.0832 e. The van der Waals surface area contributed by atoms with Crippen molar-refractivity contribution in [1.82, 2.24) is 0 Å². The highest BCUT2D eigenvalue weighted by atomic mass is 14.8. The van der Waals surface area contributed by atoms with Crippen LogP contribution in [0.4, 0.5) is 0 Å². The standard InChI is InChI=1S/C24H24N2/c1-19(21-12-6-3-7-13-21)25-18-24(23-16-10-5-11-17-23)26-20(2)22-14-8-4-9-15-22/h3-20H,1-2H3/t19-,20-/m0/s1. The third-order valence-corrected chi connectivity index (χ3v) is 4.39. The minimum absolute atomic E-state index is 0.0740. The molecule has 2 nitrogen and oxygen atoms in total. The van der Waals surface area contributed by atoms with E-state index in [1.54, 1.807) is 0 Å². The molecule has 2 atom stereocenters. The highest BCUT2D eigenvalue weighted by Gasteiger charge is 2.08.